The van der Waals surface area contributed by atoms with Crippen molar-refractivity contribution in [2.24, 2.45) is 0 Å². The third-order valence-corrected chi connectivity index (χ3v) is 6.07. The van der Waals surface area contributed by atoms with Gasteiger partial charge in [-0.05, 0) is 55.0 Å². The minimum absolute atomic E-state index is 0.325. The number of benzene rings is 1. The maximum absolute atomic E-state index is 6.19. The van der Waals surface area contributed by atoms with Gasteiger partial charge < -0.3 is 4.74 Å². The van der Waals surface area contributed by atoms with Crippen LogP contribution < -0.4 is 0 Å². The molecule has 2 atom stereocenters. The predicted molar refractivity (Wildman–Crippen MR) is 83.5 cm³/mol. The van der Waals surface area contributed by atoms with Crippen LogP contribution in [0.25, 0.3) is 0 Å². The minimum atomic E-state index is 0.325. The Bertz CT molecular complexity index is 514. The van der Waals surface area contributed by atoms with E-state index in [-0.39, 0.29) is 0 Å². The standard InChI is InChI=1S/C17H23NOS/c1-2-6-18-7-8-19-17-14-11-16-13(5-9-20-16)10-12(14)3-4-15(17)18/h10-11,15,17H,2-9H2,1H3/t15-,17-/m1/s1. The summed E-state index contributed by atoms with van der Waals surface area (Å²) in [6.07, 6.45) is 5.33. The highest BCUT2D eigenvalue weighted by Crippen LogP contribution is 2.42. The number of ether oxygens (including phenoxy) is 1. The van der Waals surface area contributed by atoms with Crippen molar-refractivity contribution < 1.29 is 4.74 Å². The maximum Gasteiger partial charge on any atom is 0.0983 e. The molecular formula is C17H23NOS. The number of rotatable bonds is 2. The number of hydrogen-bond donors (Lipinski definition) is 0. The van der Waals surface area contributed by atoms with Crippen molar-refractivity contribution in [3.63, 3.8) is 0 Å². The van der Waals surface area contributed by atoms with Crippen molar-refractivity contribution in [3.8, 4) is 0 Å². The van der Waals surface area contributed by atoms with Gasteiger partial charge in [0.2, 0.25) is 0 Å². The molecule has 108 valence electrons. The molecule has 20 heavy (non-hydrogen) atoms. The molecule has 1 aliphatic carbocycles. The number of morpholine rings is 1. The smallest absolute Gasteiger partial charge is 0.0983 e. The summed E-state index contributed by atoms with van der Waals surface area (Å²) in [5.74, 6) is 1.26. The summed E-state index contributed by atoms with van der Waals surface area (Å²) in [5, 5.41) is 0. The van der Waals surface area contributed by atoms with Crippen molar-refractivity contribution in [3.05, 3.63) is 28.8 Å². The largest absolute Gasteiger partial charge is 0.371 e. The van der Waals surface area contributed by atoms with Crippen molar-refractivity contribution >= 4 is 11.8 Å². The Kier molecular flexibility index (Phi) is 3.53. The summed E-state index contributed by atoms with van der Waals surface area (Å²) in [6, 6.07) is 5.54. The first-order valence-corrected chi connectivity index (χ1v) is 8.99. The van der Waals surface area contributed by atoms with E-state index in [2.05, 4.69) is 24.0 Å². The normalized spacial score (nSPS) is 28.9. The molecule has 1 aromatic rings. The van der Waals surface area contributed by atoms with Crippen LogP contribution in [0.5, 0.6) is 0 Å². The Labute approximate surface area is 125 Å². The molecule has 0 saturated carbocycles. The van der Waals surface area contributed by atoms with Gasteiger partial charge in [-0.2, -0.15) is 0 Å². The van der Waals surface area contributed by atoms with Crippen LogP contribution in [-0.4, -0.2) is 36.4 Å². The first-order valence-electron chi connectivity index (χ1n) is 8.01. The first-order chi connectivity index (χ1) is 9.86. The Balaban J connectivity index is 1.69. The van der Waals surface area contributed by atoms with Gasteiger partial charge in [0.15, 0.2) is 0 Å². The van der Waals surface area contributed by atoms with Crippen LogP contribution >= 0.6 is 11.8 Å². The topological polar surface area (TPSA) is 12.5 Å². The summed E-state index contributed by atoms with van der Waals surface area (Å²) in [7, 11) is 0. The Hall–Kier alpha value is -0.510. The molecule has 2 heterocycles. The number of fused-ring (bicyclic) bond motifs is 4. The van der Waals surface area contributed by atoms with E-state index in [9.17, 15) is 0 Å². The average Bonchev–Trinajstić information content (AvgIpc) is 2.92. The summed E-state index contributed by atoms with van der Waals surface area (Å²) >= 11 is 2.02. The molecule has 2 nitrogen and oxygen atoms in total. The predicted octanol–water partition coefficient (Wildman–Crippen LogP) is 3.43. The number of hydrogen-bond acceptors (Lipinski definition) is 3. The zero-order valence-electron chi connectivity index (χ0n) is 12.2. The molecule has 2 aliphatic heterocycles. The number of thioether (sulfide) groups is 1. The van der Waals surface area contributed by atoms with Crippen molar-refractivity contribution in [1.29, 1.82) is 0 Å². The van der Waals surface area contributed by atoms with Gasteiger partial charge in [-0.25, -0.2) is 0 Å². The quantitative estimate of drug-likeness (QED) is 0.827. The van der Waals surface area contributed by atoms with Gasteiger partial charge in [-0.1, -0.05) is 13.0 Å². The third-order valence-electron chi connectivity index (χ3n) is 4.97. The van der Waals surface area contributed by atoms with Crippen molar-refractivity contribution in [2.75, 3.05) is 25.4 Å². The maximum atomic E-state index is 6.19. The molecule has 0 spiro atoms. The van der Waals surface area contributed by atoms with E-state index in [0.29, 0.717) is 12.1 Å². The van der Waals surface area contributed by atoms with E-state index in [1.165, 1.54) is 48.4 Å². The van der Waals surface area contributed by atoms with Crippen molar-refractivity contribution in [2.45, 2.75) is 49.6 Å². The van der Waals surface area contributed by atoms with Crippen LogP contribution in [-0.2, 0) is 17.6 Å². The van der Waals surface area contributed by atoms with Crippen LogP contribution in [0.4, 0.5) is 0 Å². The molecule has 1 aromatic carbocycles. The second-order valence-electron chi connectivity index (χ2n) is 6.19. The van der Waals surface area contributed by atoms with E-state index in [0.717, 1.165) is 13.2 Å². The molecule has 0 amide bonds. The highest BCUT2D eigenvalue weighted by molar-refractivity contribution is 7.99. The highest BCUT2D eigenvalue weighted by Gasteiger charge is 2.37. The van der Waals surface area contributed by atoms with Crippen LogP contribution in [0, 0.1) is 0 Å². The molecule has 0 radical (unpaired) electrons. The highest BCUT2D eigenvalue weighted by atomic mass is 32.2. The fraction of sp³-hybridized carbons (Fsp3) is 0.647. The third kappa shape index (κ3) is 2.11. The van der Waals surface area contributed by atoms with Gasteiger partial charge in [-0.3, -0.25) is 4.90 Å². The Morgan fingerprint density at radius 3 is 3.15 bits per heavy atom. The SMILES string of the molecule is CCCN1CCO[C@@H]2c3cc4c(cc3CC[C@H]21)CCS4. The molecule has 0 N–H and O–H groups in total. The lowest BCUT2D eigenvalue weighted by Gasteiger charge is -2.44. The molecule has 4 rings (SSSR count). The zero-order chi connectivity index (χ0) is 13.5. The van der Waals surface area contributed by atoms with Gasteiger partial charge >= 0.3 is 0 Å². The van der Waals surface area contributed by atoms with Gasteiger partial charge in [-0.15, -0.1) is 11.8 Å². The second-order valence-corrected chi connectivity index (χ2v) is 7.33. The summed E-state index contributed by atoms with van der Waals surface area (Å²) in [6.45, 7) is 5.51. The van der Waals surface area contributed by atoms with E-state index >= 15 is 0 Å². The summed E-state index contributed by atoms with van der Waals surface area (Å²) in [5.41, 5.74) is 4.63. The fourth-order valence-electron chi connectivity index (χ4n) is 4.04. The molecular weight excluding hydrogens is 266 g/mol. The van der Waals surface area contributed by atoms with Crippen LogP contribution in [0.1, 0.15) is 42.6 Å². The molecule has 0 bridgehead atoms. The Morgan fingerprint density at radius 2 is 2.25 bits per heavy atom. The van der Waals surface area contributed by atoms with Gasteiger partial charge in [0.05, 0.1) is 12.7 Å². The molecule has 3 aliphatic rings. The van der Waals surface area contributed by atoms with Crippen molar-refractivity contribution in [1.82, 2.24) is 4.90 Å². The first kappa shape index (κ1) is 13.2. The average molecular weight is 289 g/mol. The molecule has 0 aromatic heterocycles. The van der Waals surface area contributed by atoms with Gasteiger partial charge in [0.25, 0.3) is 0 Å². The Morgan fingerprint density at radius 1 is 1.30 bits per heavy atom. The lowest BCUT2D eigenvalue weighted by atomic mass is 9.83. The molecule has 0 unspecified atom stereocenters. The monoisotopic (exact) mass is 289 g/mol. The van der Waals surface area contributed by atoms with E-state index in [4.69, 9.17) is 4.74 Å². The van der Waals surface area contributed by atoms with Crippen LogP contribution in [0.2, 0.25) is 0 Å². The lowest BCUT2D eigenvalue weighted by molar-refractivity contribution is -0.0802. The second kappa shape index (κ2) is 5.36. The van der Waals surface area contributed by atoms with E-state index in [1.807, 2.05) is 11.8 Å². The van der Waals surface area contributed by atoms with Crippen LogP contribution in [0.15, 0.2) is 17.0 Å². The van der Waals surface area contributed by atoms with Gasteiger partial charge in [0, 0.05) is 23.2 Å². The zero-order valence-corrected chi connectivity index (χ0v) is 13.0. The molecule has 1 saturated heterocycles. The van der Waals surface area contributed by atoms with E-state index in [1.54, 1.807) is 11.1 Å². The number of aryl methyl sites for hydroxylation is 2. The van der Waals surface area contributed by atoms with Crippen LogP contribution in [0.3, 0.4) is 0 Å². The summed E-state index contributed by atoms with van der Waals surface area (Å²) < 4.78 is 6.19. The lowest BCUT2D eigenvalue weighted by Crippen LogP contribution is -2.49. The molecule has 3 heteroatoms. The fourth-order valence-corrected chi connectivity index (χ4v) is 5.14. The van der Waals surface area contributed by atoms with E-state index < -0.39 is 0 Å². The summed E-state index contributed by atoms with van der Waals surface area (Å²) in [4.78, 5) is 4.18. The molecule has 1 fully saturated rings. The minimum Gasteiger partial charge on any atom is -0.371 e. The van der Waals surface area contributed by atoms with Gasteiger partial charge in [0.1, 0.15) is 0 Å². The number of nitrogens with zero attached hydrogens (tertiary/aromatic N) is 1.